The topological polar surface area (TPSA) is 61.4 Å². The van der Waals surface area contributed by atoms with E-state index in [0.29, 0.717) is 13.1 Å². The van der Waals surface area contributed by atoms with Crippen molar-refractivity contribution in [3.8, 4) is 0 Å². The molecule has 1 unspecified atom stereocenters. The van der Waals surface area contributed by atoms with Crippen molar-refractivity contribution >= 4 is 33.5 Å². The van der Waals surface area contributed by atoms with Crippen molar-refractivity contribution in [1.82, 2.24) is 15.5 Å². The SMILES string of the molecule is CC(Cc1csc2ccccc12)NC(=O)N1CCNC1=O. The van der Waals surface area contributed by atoms with Gasteiger partial charge in [0.15, 0.2) is 0 Å². The molecule has 0 aliphatic carbocycles. The van der Waals surface area contributed by atoms with Crippen LogP contribution in [0.2, 0.25) is 0 Å². The highest BCUT2D eigenvalue weighted by Crippen LogP contribution is 2.26. The number of rotatable bonds is 3. The molecule has 1 aliphatic rings. The van der Waals surface area contributed by atoms with Gasteiger partial charge in [0.2, 0.25) is 0 Å². The molecule has 2 aromatic rings. The van der Waals surface area contributed by atoms with Gasteiger partial charge in [0, 0.05) is 23.8 Å². The second-order valence-electron chi connectivity index (χ2n) is 5.20. The van der Waals surface area contributed by atoms with Crippen LogP contribution in [0.25, 0.3) is 10.1 Å². The molecule has 6 heteroatoms. The maximum atomic E-state index is 12.0. The summed E-state index contributed by atoms with van der Waals surface area (Å²) in [6.07, 6.45) is 0.755. The van der Waals surface area contributed by atoms with Crippen LogP contribution < -0.4 is 10.6 Å². The number of nitrogens with one attached hydrogen (secondary N) is 2. The summed E-state index contributed by atoms with van der Waals surface area (Å²) in [5.74, 6) is 0. The molecular formula is C15H17N3O2S. The molecule has 0 saturated carbocycles. The van der Waals surface area contributed by atoms with Crippen molar-refractivity contribution in [3.05, 3.63) is 35.2 Å². The summed E-state index contributed by atoms with van der Waals surface area (Å²) in [4.78, 5) is 24.7. The first kappa shape index (κ1) is 13.9. The number of hydrogen-bond donors (Lipinski definition) is 2. The molecule has 2 heterocycles. The zero-order chi connectivity index (χ0) is 14.8. The molecule has 1 aromatic heterocycles. The number of carbonyl (C=O) groups excluding carboxylic acids is 2. The number of fused-ring (bicyclic) bond motifs is 1. The van der Waals surface area contributed by atoms with E-state index in [1.807, 2.05) is 19.1 Å². The summed E-state index contributed by atoms with van der Waals surface area (Å²) in [7, 11) is 0. The van der Waals surface area contributed by atoms with E-state index >= 15 is 0 Å². The van der Waals surface area contributed by atoms with Crippen LogP contribution in [-0.2, 0) is 6.42 Å². The average molecular weight is 303 g/mol. The van der Waals surface area contributed by atoms with Crippen LogP contribution in [0, 0.1) is 0 Å². The zero-order valence-corrected chi connectivity index (χ0v) is 12.6. The van der Waals surface area contributed by atoms with Gasteiger partial charge in [-0.3, -0.25) is 0 Å². The van der Waals surface area contributed by atoms with Crippen molar-refractivity contribution in [2.24, 2.45) is 0 Å². The molecule has 21 heavy (non-hydrogen) atoms. The third kappa shape index (κ3) is 2.85. The molecular weight excluding hydrogens is 286 g/mol. The minimum atomic E-state index is -0.322. The van der Waals surface area contributed by atoms with Crippen molar-refractivity contribution in [2.75, 3.05) is 13.1 Å². The summed E-state index contributed by atoms with van der Waals surface area (Å²) in [5, 5.41) is 8.88. The molecule has 110 valence electrons. The summed E-state index contributed by atoms with van der Waals surface area (Å²) < 4.78 is 1.25. The van der Waals surface area contributed by atoms with Gasteiger partial charge in [0.05, 0.1) is 0 Å². The largest absolute Gasteiger partial charge is 0.336 e. The second kappa shape index (κ2) is 5.73. The Hall–Kier alpha value is -2.08. The fourth-order valence-electron chi connectivity index (χ4n) is 2.53. The van der Waals surface area contributed by atoms with Crippen LogP contribution in [0.5, 0.6) is 0 Å². The van der Waals surface area contributed by atoms with Crippen LogP contribution in [-0.4, -0.2) is 36.1 Å². The highest BCUT2D eigenvalue weighted by Gasteiger charge is 2.26. The molecule has 1 fully saturated rings. The third-order valence-corrected chi connectivity index (χ3v) is 4.57. The first-order chi connectivity index (χ1) is 10.1. The number of thiophene rings is 1. The van der Waals surface area contributed by atoms with E-state index in [1.54, 1.807) is 11.3 Å². The third-order valence-electron chi connectivity index (χ3n) is 3.56. The molecule has 4 amide bonds. The van der Waals surface area contributed by atoms with E-state index in [0.717, 1.165) is 6.42 Å². The van der Waals surface area contributed by atoms with Crippen molar-refractivity contribution < 1.29 is 9.59 Å². The zero-order valence-electron chi connectivity index (χ0n) is 11.8. The van der Waals surface area contributed by atoms with Crippen LogP contribution in [0.1, 0.15) is 12.5 Å². The maximum absolute atomic E-state index is 12.0. The highest BCUT2D eigenvalue weighted by atomic mass is 32.1. The van der Waals surface area contributed by atoms with Gasteiger partial charge < -0.3 is 10.6 Å². The predicted octanol–water partition coefficient (Wildman–Crippen LogP) is 2.57. The van der Waals surface area contributed by atoms with Gasteiger partial charge >= 0.3 is 12.1 Å². The van der Waals surface area contributed by atoms with E-state index in [1.165, 1.54) is 20.5 Å². The Morgan fingerprint density at radius 2 is 2.29 bits per heavy atom. The van der Waals surface area contributed by atoms with E-state index in [9.17, 15) is 9.59 Å². The minimum absolute atomic E-state index is 0.0242. The summed E-state index contributed by atoms with van der Waals surface area (Å²) in [6, 6.07) is 7.59. The number of nitrogens with zero attached hydrogens (tertiary/aromatic N) is 1. The fraction of sp³-hybridized carbons (Fsp3) is 0.333. The Labute approximate surface area is 126 Å². The number of urea groups is 2. The van der Waals surface area contributed by atoms with Crippen LogP contribution in [0.15, 0.2) is 29.6 Å². The molecule has 1 aliphatic heterocycles. The molecule has 0 radical (unpaired) electrons. The van der Waals surface area contributed by atoms with Gasteiger partial charge in [-0.15, -0.1) is 11.3 Å². The van der Waals surface area contributed by atoms with Crippen LogP contribution >= 0.6 is 11.3 Å². The van der Waals surface area contributed by atoms with E-state index in [2.05, 4.69) is 28.1 Å². The van der Waals surface area contributed by atoms with Crippen molar-refractivity contribution in [3.63, 3.8) is 0 Å². The van der Waals surface area contributed by atoms with Crippen LogP contribution in [0.3, 0.4) is 0 Å². The molecule has 5 nitrogen and oxygen atoms in total. The molecule has 1 atom stereocenters. The normalized spacial score (nSPS) is 16.0. The lowest BCUT2D eigenvalue weighted by Crippen LogP contribution is -2.45. The predicted molar refractivity (Wildman–Crippen MR) is 83.6 cm³/mol. The smallest absolute Gasteiger partial charge is 0.325 e. The average Bonchev–Trinajstić information content (AvgIpc) is 3.06. The number of benzene rings is 1. The molecule has 3 rings (SSSR count). The Kier molecular flexibility index (Phi) is 3.79. The molecule has 0 bridgehead atoms. The number of hydrogen-bond acceptors (Lipinski definition) is 3. The van der Waals surface area contributed by atoms with Crippen LogP contribution in [0.4, 0.5) is 9.59 Å². The monoisotopic (exact) mass is 303 g/mol. The molecule has 2 N–H and O–H groups in total. The molecule has 1 saturated heterocycles. The van der Waals surface area contributed by atoms with Gasteiger partial charge in [-0.2, -0.15) is 0 Å². The quantitative estimate of drug-likeness (QED) is 0.915. The Morgan fingerprint density at radius 1 is 1.48 bits per heavy atom. The Balaban J connectivity index is 1.65. The number of carbonyl (C=O) groups is 2. The molecule has 1 aromatic carbocycles. The van der Waals surface area contributed by atoms with Gasteiger partial charge in [-0.1, -0.05) is 18.2 Å². The van der Waals surface area contributed by atoms with Crippen molar-refractivity contribution in [2.45, 2.75) is 19.4 Å². The maximum Gasteiger partial charge on any atom is 0.325 e. The summed E-state index contributed by atoms with van der Waals surface area (Å²) in [6.45, 7) is 2.91. The van der Waals surface area contributed by atoms with Gasteiger partial charge in [-0.05, 0) is 35.7 Å². The lowest BCUT2D eigenvalue weighted by molar-refractivity contribution is 0.196. The second-order valence-corrected chi connectivity index (χ2v) is 6.11. The van der Waals surface area contributed by atoms with Crippen molar-refractivity contribution in [1.29, 1.82) is 0 Å². The van der Waals surface area contributed by atoms with Gasteiger partial charge in [0.25, 0.3) is 0 Å². The highest BCUT2D eigenvalue weighted by molar-refractivity contribution is 7.17. The first-order valence-electron chi connectivity index (χ1n) is 6.96. The summed E-state index contributed by atoms with van der Waals surface area (Å²) >= 11 is 1.71. The fourth-order valence-corrected chi connectivity index (χ4v) is 3.50. The lowest BCUT2D eigenvalue weighted by atomic mass is 10.1. The number of imide groups is 1. The van der Waals surface area contributed by atoms with Gasteiger partial charge in [-0.25, -0.2) is 14.5 Å². The Morgan fingerprint density at radius 3 is 3.05 bits per heavy atom. The molecule has 0 spiro atoms. The first-order valence-corrected chi connectivity index (χ1v) is 7.84. The van der Waals surface area contributed by atoms with E-state index < -0.39 is 0 Å². The minimum Gasteiger partial charge on any atom is -0.336 e. The van der Waals surface area contributed by atoms with E-state index in [-0.39, 0.29) is 18.1 Å². The standard InChI is InChI=1S/C15H17N3O2S/c1-10(17-15(20)18-7-6-16-14(18)19)8-11-9-21-13-5-3-2-4-12(11)13/h2-5,9-10H,6-8H2,1H3,(H,16,19)(H,17,20). The van der Waals surface area contributed by atoms with Gasteiger partial charge in [0.1, 0.15) is 0 Å². The number of amides is 4. The lowest BCUT2D eigenvalue weighted by Gasteiger charge is -2.18. The summed E-state index contributed by atoms with van der Waals surface area (Å²) in [5.41, 5.74) is 1.23. The van der Waals surface area contributed by atoms with E-state index in [4.69, 9.17) is 0 Å². The Bertz CT molecular complexity index is 682.